The topological polar surface area (TPSA) is 124 Å². The van der Waals surface area contributed by atoms with Gasteiger partial charge in [-0.25, -0.2) is 19.8 Å². The van der Waals surface area contributed by atoms with Crippen LogP contribution in [0.5, 0.6) is 0 Å². The number of fused-ring (bicyclic) bond motifs is 12. The smallest absolute Gasteiger partial charge is 0.212 e. The molecule has 0 spiro atoms. The van der Waals surface area contributed by atoms with Gasteiger partial charge in [0.1, 0.15) is 12.1 Å². The van der Waals surface area contributed by atoms with Crippen LogP contribution in [-0.4, -0.2) is 24.1 Å². The maximum Gasteiger partial charge on any atom is 0.212 e. The van der Waals surface area contributed by atoms with Crippen LogP contribution in [0.3, 0.4) is 0 Å². The summed E-state index contributed by atoms with van der Waals surface area (Å²) in [7, 11) is 0. The van der Waals surface area contributed by atoms with E-state index in [-0.39, 0.29) is 44.9 Å². The maximum atomic E-state index is 11.2. The number of hydrogen-bond acceptors (Lipinski definition) is 6. The lowest BCUT2D eigenvalue weighted by atomic mass is 9.82. The second-order valence-electron chi connectivity index (χ2n) is 20.8. The van der Waals surface area contributed by atoms with Crippen molar-refractivity contribution >= 4 is 49.3 Å². The Morgan fingerprint density at radius 1 is 0.395 bits per heavy atom. The summed E-state index contributed by atoms with van der Waals surface area (Å²) in [4.78, 5) is 19.2. The zero-order valence-corrected chi connectivity index (χ0v) is 41.8. The van der Waals surface area contributed by atoms with Gasteiger partial charge in [-0.3, -0.25) is 0 Å². The van der Waals surface area contributed by atoms with E-state index in [1.165, 1.54) is 44.5 Å². The molecule has 0 fully saturated rings. The highest BCUT2D eigenvalue weighted by molar-refractivity contribution is 6.13. The molecule has 354 valence electrons. The number of benzene rings is 9. The monoisotopic (exact) mass is 971 g/mol. The Kier molecular flexibility index (Phi) is 9.33. The molecular formula is C67H41N9. The summed E-state index contributed by atoms with van der Waals surface area (Å²) in [6.45, 7) is 17.7. The van der Waals surface area contributed by atoms with Crippen molar-refractivity contribution in [2.45, 2.75) is 38.5 Å². The molecule has 3 heterocycles. The zero-order valence-electron chi connectivity index (χ0n) is 41.8. The lowest BCUT2D eigenvalue weighted by molar-refractivity contribution is 0.661. The minimum Gasteiger partial charge on any atom is -0.318 e. The van der Waals surface area contributed by atoms with Crippen molar-refractivity contribution in [1.29, 1.82) is 15.8 Å². The molecule has 14 rings (SSSR count). The highest BCUT2D eigenvalue weighted by atomic mass is 15.0. The lowest BCUT2D eigenvalue weighted by Crippen LogP contribution is -2.15. The second-order valence-corrected chi connectivity index (χ2v) is 20.8. The summed E-state index contributed by atoms with van der Waals surface area (Å²) in [5, 5.41) is 37.5. The lowest BCUT2D eigenvalue weighted by Gasteiger charge is -2.22. The normalized spacial score (nSPS) is 13.4. The van der Waals surface area contributed by atoms with Crippen LogP contribution in [0.4, 0.5) is 5.69 Å². The van der Waals surface area contributed by atoms with E-state index in [1.807, 2.05) is 66.7 Å². The first-order valence-electron chi connectivity index (χ1n) is 25.1. The molecule has 0 saturated carbocycles. The summed E-state index contributed by atoms with van der Waals surface area (Å²) >= 11 is 0. The maximum absolute atomic E-state index is 11.2. The van der Waals surface area contributed by atoms with Gasteiger partial charge in [0.05, 0.1) is 62.8 Å². The number of aromatic nitrogens is 5. The van der Waals surface area contributed by atoms with E-state index in [0.29, 0.717) is 33.9 Å². The van der Waals surface area contributed by atoms with Gasteiger partial charge in [0.2, 0.25) is 5.69 Å². The molecule has 0 atom stereocenters. The molecule has 3 aromatic heterocycles. The van der Waals surface area contributed by atoms with Crippen LogP contribution < -0.4 is 0 Å². The Hall–Kier alpha value is -10.5. The molecule has 0 saturated heterocycles. The molecule has 2 aliphatic carbocycles. The van der Waals surface area contributed by atoms with E-state index in [0.717, 1.165) is 43.6 Å². The molecule has 9 aromatic carbocycles. The molecule has 0 aliphatic heterocycles. The predicted molar refractivity (Wildman–Crippen MR) is 300 cm³/mol. The first-order valence-corrected chi connectivity index (χ1v) is 25.1. The molecule has 9 nitrogen and oxygen atoms in total. The summed E-state index contributed by atoms with van der Waals surface area (Å²) < 4.78 is 4.12. The Morgan fingerprint density at radius 2 is 0.803 bits per heavy atom. The van der Waals surface area contributed by atoms with Gasteiger partial charge in [-0.05, 0) is 105 Å². The van der Waals surface area contributed by atoms with Crippen LogP contribution in [0.15, 0.2) is 176 Å². The zero-order chi connectivity index (χ0) is 51.8. The van der Waals surface area contributed by atoms with Crippen molar-refractivity contribution in [3.05, 3.63) is 226 Å². The van der Waals surface area contributed by atoms with E-state index in [4.69, 9.17) is 21.5 Å². The highest BCUT2D eigenvalue weighted by Gasteiger charge is 2.38. The molecule has 0 unspecified atom stereocenters. The van der Waals surface area contributed by atoms with E-state index in [2.05, 4.69) is 145 Å². The molecule has 76 heavy (non-hydrogen) atoms. The van der Waals surface area contributed by atoms with Gasteiger partial charge in [0.15, 0.2) is 17.5 Å². The van der Waals surface area contributed by atoms with Gasteiger partial charge in [-0.2, -0.15) is 15.8 Å². The summed E-state index contributed by atoms with van der Waals surface area (Å²) in [6.07, 6.45) is 0. The van der Waals surface area contributed by atoms with Crippen molar-refractivity contribution in [3.8, 4) is 86.0 Å². The first-order chi connectivity index (χ1) is 37.0. The number of hydrogen-bond donors (Lipinski definition) is 0. The summed E-state index contributed by atoms with van der Waals surface area (Å²) in [5.41, 5.74) is 16.2. The quantitative estimate of drug-likeness (QED) is 0.158. The van der Waals surface area contributed by atoms with Crippen LogP contribution in [0.1, 0.15) is 66.6 Å². The van der Waals surface area contributed by atoms with Crippen molar-refractivity contribution < 1.29 is 0 Å². The van der Waals surface area contributed by atoms with E-state index < -0.39 is 0 Å². The van der Waals surface area contributed by atoms with E-state index in [9.17, 15) is 15.8 Å². The third-order valence-corrected chi connectivity index (χ3v) is 16.1. The molecule has 2 aliphatic rings. The Labute approximate surface area is 437 Å². The Bertz CT molecular complexity index is 4400. The Morgan fingerprint density at radius 3 is 1.29 bits per heavy atom. The van der Waals surface area contributed by atoms with Crippen molar-refractivity contribution in [2.24, 2.45) is 0 Å². The molecular weight excluding hydrogens is 931 g/mol. The number of nitrogens with zero attached hydrogens (tertiary/aromatic N) is 9. The summed E-state index contributed by atoms with van der Waals surface area (Å²) in [5.74, 6) is 0.778. The number of nitriles is 3. The van der Waals surface area contributed by atoms with Crippen LogP contribution >= 0.6 is 0 Å². The SMILES string of the molecule is [C-]#[N+]c1cc(-c2nc(-c3ccccc3)nc(-c3cc(C#N)c(-n4c5ccccc5c5cc6c(cc54)C(C)(C)c4ccccc4-6)c(C#N)c3)n2)cc(C#N)c1-n1c2ccccc2c2cc3c(cc21)C(C)(C)c1ccccc1-3. The van der Waals surface area contributed by atoms with Gasteiger partial charge >= 0.3 is 0 Å². The van der Waals surface area contributed by atoms with Gasteiger partial charge < -0.3 is 9.13 Å². The average Bonchev–Trinajstić information content (AvgIpc) is 4.30. The fourth-order valence-corrected chi connectivity index (χ4v) is 12.5. The molecule has 0 N–H and O–H groups in total. The fraction of sp³-hybridized carbons (Fsp3) is 0.0896. The predicted octanol–water partition coefficient (Wildman–Crippen LogP) is 15.8. The van der Waals surface area contributed by atoms with Crippen molar-refractivity contribution in [3.63, 3.8) is 0 Å². The highest BCUT2D eigenvalue weighted by Crippen LogP contribution is 2.53. The average molecular weight is 972 g/mol. The van der Waals surface area contributed by atoms with Crippen molar-refractivity contribution in [1.82, 2.24) is 24.1 Å². The minimum absolute atomic E-state index is 0.217. The van der Waals surface area contributed by atoms with Crippen LogP contribution in [0.2, 0.25) is 0 Å². The van der Waals surface area contributed by atoms with Gasteiger partial charge in [-0.1, -0.05) is 143 Å². The molecule has 9 heteroatoms. The van der Waals surface area contributed by atoms with E-state index >= 15 is 0 Å². The third-order valence-electron chi connectivity index (χ3n) is 16.1. The van der Waals surface area contributed by atoms with Crippen LogP contribution in [0, 0.1) is 40.6 Å². The first kappa shape index (κ1) is 44.3. The number of para-hydroxylation sites is 2. The Balaban J connectivity index is 0.957. The largest absolute Gasteiger partial charge is 0.318 e. The number of rotatable bonds is 5. The second kappa shape index (κ2) is 16.0. The molecule has 12 aromatic rings. The summed E-state index contributed by atoms with van der Waals surface area (Å²) in [6, 6.07) is 66.2. The standard InChI is InChI=1S/C67H41N9/c1-66(2)52-23-13-9-19-44(52)48-31-50-46-21-11-15-25-57(46)75(59(50)33-54(48)66)61-41(35-68)27-39(28-42(61)36-69)64-72-63(38-17-7-6-8-18-38)73-65(74-64)40-29-43(37-70)62(56(30-40)71-5)76-58-26-16-12-22-47(58)51-32-49-45-20-10-14-24-53(45)67(3,4)55(49)34-60(51)76/h6-34H,1-4H3. The fourth-order valence-electron chi connectivity index (χ4n) is 12.5. The van der Waals surface area contributed by atoms with Crippen molar-refractivity contribution in [2.75, 3.05) is 0 Å². The van der Waals surface area contributed by atoms with Gasteiger partial charge in [-0.15, -0.1) is 0 Å². The minimum atomic E-state index is -0.283. The third kappa shape index (κ3) is 6.12. The van der Waals surface area contributed by atoms with E-state index in [1.54, 1.807) is 24.3 Å². The van der Waals surface area contributed by atoms with Gasteiger partial charge in [0, 0.05) is 49.1 Å². The molecule has 0 radical (unpaired) electrons. The van der Waals surface area contributed by atoms with Crippen LogP contribution in [0.25, 0.3) is 116 Å². The molecule has 0 amide bonds. The van der Waals surface area contributed by atoms with Crippen LogP contribution in [-0.2, 0) is 10.8 Å². The van der Waals surface area contributed by atoms with Gasteiger partial charge in [0.25, 0.3) is 0 Å². The molecule has 0 bridgehead atoms.